The molecule has 0 unspecified atom stereocenters. The summed E-state index contributed by atoms with van der Waals surface area (Å²) in [6, 6.07) is 9.09. The van der Waals surface area contributed by atoms with Gasteiger partial charge in [-0.3, -0.25) is 4.79 Å². The van der Waals surface area contributed by atoms with E-state index in [1.807, 2.05) is 18.2 Å². The van der Waals surface area contributed by atoms with Crippen molar-refractivity contribution >= 4 is 63.5 Å². The van der Waals surface area contributed by atoms with E-state index >= 15 is 0 Å². The predicted octanol–water partition coefficient (Wildman–Crippen LogP) is 5.17. The van der Waals surface area contributed by atoms with E-state index in [1.165, 1.54) is 11.8 Å². The number of benzene rings is 2. The van der Waals surface area contributed by atoms with Crippen LogP contribution in [0.4, 0.5) is 0 Å². The standard InChI is InChI=1S/C18H13Cl2NO3S2/c1-23-14-7-10(9-3-4-12(19)13(20)6-9)5-11(16(14)24-2)8-15-17(22)21-18(25)26-15/h3-8H,1-2H3,(H,21,22,25)/b15-8-. The normalized spacial score (nSPS) is 15.3. The van der Waals surface area contributed by atoms with Crippen LogP contribution < -0.4 is 14.8 Å². The Hall–Kier alpha value is -1.73. The van der Waals surface area contributed by atoms with Gasteiger partial charge in [0.05, 0.1) is 29.2 Å². The highest BCUT2D eigenvalue weighted by Crippen LogP contribution is 2.40. The molecule has 1 aliphatic heterocycles. The van der Waals surface area contributed by atoms with Crippen molar-refractivity contribution in [3.63, 3.8) is 0 Å². The summed E-state index contributed by atoms with van der Waals surface area (Å²) in [5.74, 6) is 0.824. The summed E-state index contributed by atoms with van der Waals surface area (Å²) in [4.78, 5) is 12.5. The fourth-order valence-electron chi connectivity index (χ4n) is 2.51. The van der Waals surface area contributed by atoms with Gasteiger partial charge in [0.15, 0.2) is 11.5 Å². The third-order valence-electron chi connectivity index (χ3n) is 3.69. The van der Waals surface area contributed by atoms with Crippen LogP contribution in [0.25, 0.3) is 17.2 Å². The number of nitrogens with one attached hydrogen (secondary N) is 1. The lowest BCUT2D eigenvalue weighted by Crippen LogP contribution is -2.17. The first kappa shape index (κ1) is 19.0. The Morgan fingerprint density at radius 3 is 2.42 bits per heavy atom. The first-order valence-corrected chi connectivity index (χ1v) is 9.37. The van der Waals surface area contributed by atoms with Crippen molar-refractivity contribution < 1.29 is 14.3 Å². The Morgan fingerprint density at radius 2 is 1.85 bits per heavy atom. The first-order chi connectivity index (χ1) is 12.4. The van der Waals surface area contributed by atoms with Crippen LogP contribution in [0.15, 0.2) is 35.2 Å². The molecule has 1 aliphatic rings. The summed E-state index contributed by atoms with van der Waals surface area (Å²) in [5, 5.41) is 3.53. The van der Waals surface area contributed by atoms with E-state index in [-0.39, 0.29) is 5.91 Å². The van der Waals surface area contributed by atoms with Gasteiger partial charge in [-0.15, -0.1) is 0 Å². The molecule has 134 valence electrons. The topological polar surface area (TPSA) is 47.6 Å². The number of rotatable bonds is 4. The zero-order valence-electron chi connectivity index (χ0n) is 13.8. The van der Waals surface area contributed by atoms with Gasteiger partial charge in [-0.05, 0) is 41.5 Å². The summed E-state index contributed by atoms with van der Waals surface area (Å²) >= 11 is 18.4. The van der Waals surface area contributed by atoms with Gasteiger partial charge in [0.2, 0.25) is 0 Å². The third-order valence-corrected chi connectivity index (χ3v) is 5.59. The Kier molecular flexibility index (Phi) is 5.77. The second-order valence-electron chi connectivity index (χ2n) is 5.28. The number of carbonyl (C=O) groups excluding carboxylic acids is 1. The lowest BCUT2D eigenvalue weighted by Gasteiger charge is -2.14. The van der Waals surface area contributed by atoms with Crippen LogP contribution in [0, 0.1) is 0 Å². The van der Waals surface area contributed by atoms with Gasteiger partial charge in [0, 0.05) is 5.56 Å². The van der Waals surface area contributed by atoms with Gasteiger partial charge in [-0.25, -0.2) is 0 Å². The van der Waals surface area contributed by atoms with Crippen molar-refractivity contribution in [1.82, 2.24) is 5.32 Å². The molecule has 0 spiro atoms. The Balaban J connectivity index is 2.16. The first-order valence-electron chi connectivity index (χ1n) is 7.39. The minimum atomic E-state index is -0.235. The minimum Gasteiger partial charge on any atom is -0.493 e. The van der Waals surface area contributed by atoms with Gasteiger partial charge in [0.1, 0.15) is 4.32 Å². The number of hydrogen-bond acceptors (Lipinski definition) is 5. The second kappa shape index (κ2) is 7.88. The molecule has 0 saturated carbocycles. The summed E-state index contributed by atoms with van der Waals surface area (Å²) in [5.41, 5.74) is 2.40. The van der Waals surface area contributed by atoms with Gasteiger partial charge in [-0.2, -0.15) is 0 Å². The van der Waals surface area contributed by atoms with Crippen LogP contribution in [-0.2, 0) is 4.79 Å². The Morgan fingerprint density at radius 1 is 1.08 bits per heavy atom. The number of halogens is 2. The van der Waals surface area contributed by atoms with Crippen LogP contribution in [0.2, 0.25) is 10.0 Å². The highest BCUT2D eigenvalue weighted by Gasteiger charge is 2.23. The van der Waals surface area contributed by atoms with Crippen molar-refractivity contribution in [3.05, 3.63) is 50.8 Å². The largest absolute Gasteiger partial charge is 0.493 e. The number of ether oxygens (including phenoxy) is 2. The maximum atomic E-state index is 12.0. The second-order valence-corrected chi connectivity index (χ2v) is 7.82. The van der Waals surface area contributed by atoms with Gasteiger partial charge in [-0.1, -0.05) is 53.2 Å². The summed E-state index contributed by atoms with van der Waals surface area (Å²) in [6.07, 6.45) is 1.72. The smallest absolute Gasteiger partial charge is 0.263 e. The Bertz CT molecular complexity index is 944. The lowest BCUT2D eigenvalue weighted by molar-refractivity contribution is -0.115. The maximum absolute atomic E-state index is 12.0. The molecule has 4 nitrogen and oxygen atoms in total. The van der Waals surface area contributed by atoms with Crippen molar-refractivity contribution in [2.75, 3.05) is 14.2 Å². The molecule has 1 heterocycles. The average Bonchev–Trinajstić information content (AvgIpc) is 2.93. The minimum absolute atomic E-state index is 0.235. The van der Waals surface area contributed by atoms with E-state index in [2.05, 4.69) is 5.32 Å². The van der Waals surface area contributed by atoms with E-state index in [4.69, 9.17) is 44.9 Å². The fourth-order valence-corrected chi connectivity index (χ4v) is 3.84. The number of amides is 1. The summed E-state index contributed by atoms with van der Waals surface area (Å²) in [6.45, 7) is 0. The maximum Gasteiger partial charge on any atom is 0.263 e. The van der Waals surface area contributed by atoms with Crippen LogP contribution >= 0.6 is 47.2 Å². The molecule has 8 heteroatoms. The van der Waals surface area contributed by atoms with Crippen molar-refractivity contribution in [2.24, 2.45) is 0 Å². The number of carbonyl (C=O) groups is 1. The fraction of sp³-hybridized carbons (Fsp3) is 0.111. The van der Waals surface area contributed by atoms with Crippen LogP contribution in [0.3, 0.4) is 0 Å². The van der Waals surface area contributed by atoms with E-state index in [9.17, 15) is 4.79 Å². The average molecular weight is 426 g/mol. The van der Waals surface area contributed by atoms with Crippen LogP contribution in [0.1, 0.15) is 5.56 Å². The summed E-state index contributed by atoms with van der Waals surface area (Å²) < 4.78 is 11.4. The van der Waals surface area contributed by atoms with Crippen molar-refractivity contribution in [2.45, 2.75) is 0 Å². The third kappa shape index (κ3) is 3.83. The molecule has 2 aromatic carbocycles. The van der Waals surface area contributed by atoms with Gasteiger partial charge >= 0.3 is 0 Å². The molecule has 1 N–H and O–H groups in total. The molecule has 0 aliphatic carbocycles. The van der Waals surface area contributed by atoms with Crippen molar-refractivity contribution in [1.29, 1.82) is 0 Å². The molecule has 0 aromatic heterocycles. The van der Waals surface area contributed by atoms with E-state index in [0.717, 1.165) is 11.1 Å². The SMILES string of the molecule is COc1cc(-c2ccc(Cl)c(Cl)c2)cc(/C=C2\SC(=S)NC2=O)c1OC. The van der Waals surface area contributed by atoms with E-state index in [1.54, 1.807) is 32.4 Å². The monoisotopic (exact) mass is 425 g/mol. The molecule has 0 atom stereocenters. The number of thiocarbonyl (C=S) groups is 1. The number of thioether (sulfide) groups is 1. The molecule has 1 saturated heterocycles. The number of hydrogen-bond donors (Lipinski definition) is 1. The molecule has 0 radical (unpaired) electrons. The summed E-state index contributed by atoms with van der Waals surface area (Å²) in [7, 11) is 3.10. The highest BCUT2D eigenvalue weighted by atomic mass is 35.5. The lowest BCUT2D eigenvalue weighted by atomic mass is 10.0. The van der Waals surface area contributed by atoms with Crippen LogP contribution in [0.5, 0.6) is 11.5 Å². The molecule has 26 heavy (non-hydrogen) atoms. The molecule has 0 bridgehead atoms. The molecule has 1 fully saturated rings. The zero-order chi connectivity index (χ0) is 18.8. The molecule has 3 rings (SSSR count). The van der Waals surface area contributed by atoms with E-state index in [0.29, 0.717) is 36.3 Å². The highest BCUT2D eigenvalue weighted by molar-refractivity contribution is 8.26. The van der Waals surface area contributed by atoms with Crippen LogP contribution in [-0.4, -0.2) is 24.4 Å². The zero-order valence-corrected chi connectivity index (χ0v) is 16.9. The van der Waals surface area contributed by atoms with Gasteiger partial charge < -0.3 is 14.8 Å². The molecular formula is C18H13Cl2NO3S2. The van der Waals surface area contributed by atoms with Crippen molar-refractivity contribution in [3.8, 4) is 22.6 Å². The van der Waals surface area contributed by atoms with Gasteiger partial charge in [0.25, 0.3) is 5.91 Å². The van der Waals surface area contributed by atoms with E-state index < -0.39 is 0 Å². The Labute approximate surface area is 170 Å². The number of methoxy groups -OCH3 is 2. The molecule has 1 amide bonds. The predicted molar refractivity (Wildman–Crippen MR) is 111 cm³/mol. The molecule has 2 aromatic rings. The molecular weight excluding hydrogens is 413 g/mol. The quantitative estimate of drug-likeness (QED) is 0.540.